The Hall–Kier alpha value is -2.67. The first-order valence-electron chi connectivity index (χ1n) is 7.72. The van der Waals surface area contributed by atoms with Gasteiger partial charge in [-0.15, -0.1) is 11.3 Å². The maximum Gasteiger partial charge on any atom is 0.282 e. The fourth-order valence-corrected chi connectivity index (χ4v) is 4.20. The number of nitrogens with zero attached hydrogens (tertiary/aromatic N) is 3. The normalized spacial score (nSPS) is 14.3. The summed E-state index contributed by atoms with van der Waals surface area (Å²) < 4.78 is 1.19. The number of hydrogen-bond acceptors (Lipinski definition) is 6. The number of hydrogen-bond donors (Lipinski definition) is 2. The van der Waals surface area contributed by atoms with E-state index in [2.05, 4.69) is 10.1 Å². The third kappa shape index (κ3) is 2.46. The highest BCUT2D eigenvalue weighted by Gasteiger charge is 2.19. The zero-order valence-electron chi connectivity index (χ0n) is 12.8. The Kier molecular flexibility index (Phi) is 3.57. The molecule has 2 heterocycles. The molecule has 0 saturated carbocycles. The first-order chi connectivity index (χ1) is 11.6. The second-order valence-corrected chi connectivity index (χ2v) is 6.86. The van der Waals surface area contributed by atoms with Gasteiger partial charge in [0.15, 0.2) is 0 Å². The zero-order valence-corrected chi connectivity index (χ0v) is 13.6. The quantitative estimate of drug-likeness (QED) is 0.702. The van der Waals surface area contributed by atoms with Crippen molar-refractivity contribution >= 4 is 27.8 Å². The van der Waals surface area contributed by atoms with E-state index in [-0.39, 0.29) is 17.1 Å². The van der Waals surface area contributed by atoms with Crippen LogP contribution < -0.4 is 5.56 Å². The summed E-state index contributed by atoms with van der Waals surface area (Å²) in [7, 11) is 0. The number of thiophene rings is 1. The molecule has 6 nitrogen and oxygen atoms in total. The van der Waals surface area contributed by atoms with E-state index >= 15 is 0 Å². The summed E-state index contributed by atoms with van der Waals surface area (Å²) in [6, 6.07) is 4.19. The second kappa shape index (κ2) is 5.76. The maximum absolute atomic E-state index is 12.7. The highest BCUT2D eigenvalue weighted by Crippen LogP contribution is 2.33. The molecule has 0 atom stereocenters. The predicted octanol–water partition coefficient (Wildman–Crippen LogP) is 2.63. The molecule has 24 heavy (non-hydrogen) atoms. The van der Waals surface area contributed by atoms with E-state index in [9.17, 15) is 15.0 Å². The van der Waals surface area contributed by atoms with Gasteiger partial charge in [0, 0.05) is 16.5 Å². The third-order valence-electron chi connectivity index (χ3n) is 4.19. The molecular formula is C17H15N3O3S. The van der Waals surface area contributed by atoms with Crippen LogP contribution >= 0.6 is 11.3 Å². The summed E-state index contributed by atoms with van der Waals surface area (Å²) >= 11 is 1.60. The second-order valence-electron chi connectivity index (χ2n) is 5.77. The first kappa shape index (κ1) is 14.9. The number of phenols is 2. The number of benzene rings is 1. The topological polar surface area (TPSA) is 87.7 Å². The molecule has 3 aromatic rings. The maximum atomic E-state index is 12.7. The molecule has 7 heteroatoms. The van der Waals surface area contributed by atoms with Crippen molar-refractivity contribution in [2.75, 3.05) is 0 Å². The molecule has 1 aliphatic rings. The van der Waals surface area contributed by atoms with Gasteiger partial charge in [-0.3, -0.25) is 4.79 Å². The molecule has 2 N–H and O–H groups in total. The number of aromatic hydroxyl groups is 2. The Balaban J connectivity index is 1.78. The molecule has 1 aliphatic carbocycles. The molecule has 0 spiro atoms. The Morgan fingerprint density at radius 3 is 2.92 bits per heavy atom. The summed E-state index contributed by atoms with van der Waals surface area (Å²) in [6.07, 6.45) is 6.96. The molecule has 2 aromatic heterocycles. The van der Waals surface area contributed by atoms with Crippen molar-refractivity contribution in [3.8, 4) is 11.5 Å². The van der Waals surface area contributed by atoms with Gasteiger partial charge < -0.3 is 10.2 Å². The molecule has 0 radical (unpaired) electrons. The van der Waals surface area contributed by atoms with Crippen LogP contribution in [-0.2, 0) is 12.8 Å². The van der Waals surface area contributed by atoms with Gasteiger partial charge >= 0.3 is 0 Å². The van der Waals surface area contributed by atoms with Crippen LogP contribution in [0.4, 0.5) is 0 Å². The van der Waals surface area contributed by atoms with Crippen LogP contribution in [0.5, 0.6) is 11.5 Å². The number of aromatic nitrogens is 2. The smallest absolute Gasteiger partial charge is 0.282 e. The van der Waals surface area contributed by atoms with E-state index in [0.717, 1.165) is 36.1 Å². The molecule has 4 rings (SSSR count). The minimum atomic E-state index is -0.186. The van der Waals surface area contributed by atoms with E-state index in [1.807, 2.05) is 0 Å². The van der Waals surface area contributed by atoms with Gasteiger partial charge in [0.2, 0.25) is 0 Å². The SMILES string of the molecule is O=c1c2c3c(sc2ncn1N=Cc1ccc(O)cc1O)CCCC3. The average molecular weight is 341 g/mol. The van der Waals surface area contributed by atoms with Gasteiger partial charge in [0.1, 0.15) is 22.7 Å². The summed E-state index contributed by atoms with van der Waals surface area (Å²) in [5.41, 5.74) is 1.34. The summed E-state index contributed by atoms with van der Waals surface area (Å²) in [4.78, 5) is 19.1. The Morgan fingerprint density at radius 2 is 2.08 bits per heavy atom. The van der Waals surface area contributed by atoms with Crippen molar-refractivity contribution in [1.82, 2.24) is 9.66 Å². The lowest BCUT2D eigenvalue weighted by atomic mass is 9.97. The lowest BCUT2D eigenvalue weighted by Gasteiger charge is -2.09. The average Bonchev–Trinajstić information content (AvgIpc) is 2.95. The van der Waals surface area contributed by atoms with Crippen LogP contribution in [0.2, 0.25) is 0 Å². The summed E-state index contributed by atoms with van der Waals surface area (Å²) in [6.45, 7) is 0. The highest BCUT2D eigenvalue weighted by atomic mass is 32.1. The van der Waals surface area contributed by atoms with E-state index in [1.54, 1.807) is 11.3 Å². The van der Waals surface area contributed by atoms with E-state index < -0.39 is 0 Å². The van der Waals surface area contributed by atoms with Crippen LogP contribution in [-0.4, -0.2) is 26.1 Å². The lowest BCUT2D eigenvalue weighted by Crippen LogP contribution is -2.18. The minimum Gasteiger partial charge on any atom is -0.508 e. The molecule has 0 saturated heterocycles. The van der Waals surface area contributed by atoms with E-state index in [0.29, 0.717) is 10.9 Å². The van der Waals surface area contributed by atoms with Crippen molar-refractivity contribution in [1.29, 1.82) is 0 Å². The minimum absolute atomic E-state index is 0.0326. The standard InChI is InChI=1S/C17H15N3O3S/c21-11-6-5-10(13(22)7-11)8-19-20-9-18-16-15(17(20)23)12-3-1-2-4-14(12)24-16/h5-9,21-22H,1-4H2. The van der Waals surface area contributed by atoms with Crippen molar-refractivity contribution in [2.24, 2.45) is 5.10 Å². The van der Waals surface area contributed by atoms with Crippen LogP contribution in [0, 0.1) is 0 Å². The Bertz CT molecular complexity index is 1020. The van der Waals surface area contributed by atoms with Crippen LogP contribution in [0.1, 0.15) is 28.8 Å². The molecule has 1 aromatic carbocycles. The van der Waals surface area contributed by atoms with E-state index in [4.69, 9.17) is 0 Å². The van der Waals surface area contributed by atoms with Gasteiger partial charge in [-0.25, -0.2) is 4.98 Å². The zero-order chi connectivity index (χ0) is 16.7. The fourth-order valence-electron chi connectivity index (χ4n) is 2.98. The summed E-state index contributed by atoms with van der Waals surface area (Å²) in [5.74, 6) is -0.136. The first-order valence-corrected chi connectivity index (χ1v) is 8.53. The molecule has 0 aliphatic heterocycles. The number of fused-ring (bicyclic) bond motifs is 3. The van der Waals surface area contributed by atoms with Crippen LogP contribution in [0.3, 0.4) is 0 Å². The molecule has 0 bridgehead atoms. The van der Waals surface area contributed by atoms with Crippen molar-refractivity contribution in [2.45, 2.75) is 25.7 Å². The Morgan fingerprint density at radius 1 is 1.25 bits per heavy atom. The number of rotatable bonds is 2. The Labute approximate surface area is 141 Å². The number of phenolic OH excluding ortho intramolecular Hbond substituents is 2. The van der Waals surface area contributed by atoms with Gasteiger partial charge in [-0.05, 0) is 43.4 Å². The number of aryl methyl sites for hydroxylation is 2. The van der Waals surface area contributed by atoms with E-state index in [1.165, 1.54) is 40.3 Å². The molecule has 0 unspecified atom stereocenters. The summed E-state index contributed by atoms with van der Waals surface area (Å²) in [5, 5.41) is 23.9. The van der Waals surface area contributed by atoms with Crippen molar-refractivity contribution in [3.63, 3.8) is 0 Å². The third-order valence-corrected chi connectivity index (χ3v) is 5.39. The van der Waals surface area contributed by atoms with Gasteiger partial charge in [0.25, 0.3) is 5.56 Å². The molecule has 0 amide bonds. The van der Waals surface area contributed by atoms with Gasteiger partial charge in [-0.1, -0.05) is 0 Å². The highest BCUT2D eigenvalue weighted by molar-refractivity contribution is 7.18. The molecule has 0 fully saturated rings. The monoisotopic (exact) mass is 341 g/mol. The predicted molar refractivity (Wildman–Crippen MR) is 93.3 cm³/mol. The van der Waals surface area contributed by atoms with Crippen molar-refractivity contribution in [3.05, 3.63) is 50.9 Å². The molecular weight excluding hydrogens is 326 g/mol. The van der Waals surface area contributed by atoms with Crippen LogP contribution in [0.25, 0.3) is 10.2 Å². The van der Waals surface area contributed by atoms with Gasteiger partial charge in [-0.2, -0.15) is 9.78 Å². The van der Waals surface area contributed by atoms with Gasteiger partial charge in [0.05, 0.1) is 11.6 Å². The molecule has 122 valence electrons. The largest absolute Gasteiger partial charge is 0.508 e. The van der Waals surface area contributed by atoms with Crippen molar-refractivity contribution < 1.29 is 10.2 Å². The lowest BCUT2D eigenvalue weighted by molar-refractivity contribution is 0.450. The van der Waals surface area contributed by atoms with Crippen LogP contribution in [0.15, 0.2) is 34.4 Å². The fraction of sp³-hybridized carbons (Fsp3) is 0.235.